The van der Waals surface area contributed by atoms with Crippen molar-refractivity contribution in [2.24, 2.45) is 10.8 Å². The second kappa shape index (κ2) is 4.06. The van der Waals surface area contributed by atoms with Crippen molar-refractivity contribution in [1.82, 2.24) is 0 Å². The van der Waals surface area contributed by atoms with Gasteiger partial charge in [0, 0.05) is 6.61 Å². The molecule has 1 heterocycles. The van der Waals surface area contributed by atoms with E-state index in [2.05, 4.69) is 41.5 Å². The summed E-state index contributed by atoms with van der Waals surface area (Å²) in [6.07, 6.45) is 1.07. The quantitative estimate of drug-likeness (QED) is 0.616. The van der Waals surface area contributed by atoms with E-state index in [1.165, 1.54) is 0 Å². The fraction of sp³-hybridized carbons (Fsp3) is 1.00. The Labute approximate surface area is 94.3 Å². The van der Waals surface area contributed by atoms with E-state index in [4.69, 9.17) is 9.47 Å². The van der Waals surface area contributed by atoms with Crippen molar-refractivity contribution < 1.29 is 9.47 Å². The number of hydrogen-bond acceptors (Lipinski definition) is 2. The van der Waals surface area contributed by atoms with Crippen molar-refractivity contribution in [3.8, 4) is 0 Å². The maximum atomic E-state index is 5.84. The second-order valence-corrected chi connectivity index (χ2v) is 6.66. The largest absolute Gasteiger partial charge is 0.378 e. The zero-order valence-corrected chi connectivity index (χ0v) is 11.1. The molecular weight excluding hydrogens is 188 g/mol. The van der Waals surface area contributed by atoms with Crippen LogP contribution in [0.3, 0.4) is 0 Å². The summed E-state index contributed by atoms with van der Waals surface area (Å²) < 4.78 is 11.6. The van der Waals surface area contributed by atoms with Gasteiger partial charge in [-0.2, -0.15) is 0 Å². The van der Waals surface area contributed by atoms with Crippen molar-refractivity contribution in [3.63, 3.8) is 0 Å². The molecule has 0 amide bonds. The lowest BCUT2D eigenvalue weighted by atomic mass is 9.66. The first-order chi connectivity index (χ1) is 6.66. The molecule has 1 saturated heterocycles. The molecule has 0 saturated carbocycles. The Hall–Kier alpha value is -0.0800. The molecule has 1 atom stereocenters. The molecule has 2 heteroatoms. The fourth-order valence-electron chi connectivity index (χ4n) is 1.78. The number of hydrogen-bond donors (Lipinski definition) is 0. The van der Waals surface area contributed by atoms with Gasteiger partial charge in [0.1, 0.15) is 0 Å². The van der Waals surface area contributed by atoms with E-state index in [0.29, 0.717) is 6.61 Å². The molecule has 0 N–H and O–H groups in total. The molecule has 1 unspecified atom stereocenters. The summed E-state index contributed by atoms with van der Waals surface area (Å²) >= 11 is 0. The highest BCUT2D eigenvalue weighted by molar-refractivity contribution is 4.88. The minimum atomic E-state index is -0.126. The van der Waals surface area contributed by atoms with Crippen LogP contribution >= 0.6 is 0 Å². The summed E-state index contributed by atoms with van der Waals surface area (Å²) in [7, 11) is 0. The van der Waals surface area contributed by atoms with Gasteiger partial charge >= 0.3 is 0 Å². The minimum Gasteiger partial charge on any atom is -0.378 e. The normalized spacial score (nSPS) is 33.2. The lowest BCUT2D eigenvalue weighted by Gasteiger charge is -2.44. The Morgan fingerprint density at radius 2 is 1.60 bits per heavy atom. The van der Waals surface area contributed by atoms with Crippen LogP contribution in [0.25, 0.3) is 0 Å². The van der Waals surface area contributed by atoms with Gasteiger partial charge in [-0.25, -0.2) is 0 Å². The smallest absolute Gasteiger partial charge is 0.0858 e. The average Bonchev–Trinajstić information content (AvgIpc) is 1.98. The maximum Gasteiger partial charge on any atom is 0.0858 e. The molecule has 1 aliphatic heterocycles. The molecule has 0 spiro atoms. The zero-order valence-electron chi connectivity index (χ0n) is 11.1. The lowest BCUT2D eigenvalue weighted by molar-refractivity contribution is -0.141. The Morgan fingerprint density at radius 1 is 1.00 bits per heavy atom. The predicted octanol–water partition coefficient (Wildman–Crippen LogP) is 3.25. The maximum absolute atomic E-state index is 5.84. The summed E-state index contributed by atoms with van der Waals surface area (Å²) in [6, 6.07) is 0. The molecule has 0 aliphatic carbocycles. The summed E-state index contributed by atoms with van der Waals surface area (Å²) in [6.45, 7) is 15.7. The van der Waals surface area contributed by atoms with E-state index in [0.717, 1.165) is 19.6 Å². The van der Waals surface area contributed by atoms with Crippen LogP contribution in [0.15, 0.2) is 0 Å². The van der Waals surface area contributed by atoms with Crippen molar-refractivity contribution in [2.45, 2.75) is 53.6 Å². The van der Waals surface area contributed by atoms with Crippen molar-refractivity contribution in [1.29, 1.82) is 0 Å². The standard InChI is InChI=1S/C13H26O2/c1-11(2,3)13(6)7-8-15-12(4,5)9-14-10-13/h7-10H2,1-6H3. The Bertz CT molecular complexity index is 201. The van der Waals surface area contributed by atoms with Crippen LogP contribution in [0.2, 0.25) is 0 Å². The highest BCUT2D eigenvalue weighted by atomic mass is 16.5. The van der Waals surface area contributed by atoms with Crippen LogP contribution in [0.5, 0.6) is 0 Å². The molecule has 2 nitrogen and oxygen atoms in total. The summed E-state index contributed by atoms with van der Waals surface area (Å²) in [5, 5.41) is 0. The van der Waals surface area contributed by atoms with Gasteiger partial charge in [-0.3, -0.25) is 0 Å². The third kappa shape index (κ3) is 3.18. The van der Waals surface area contributed by atoms with Gasteiger partial charge in [-0.05, 0) is 31.1 Å². The highest BCUT2D eigenvalue weighted by Gasteiger charge is 2.39. The van der Waals surface area contributed by atoms with E-state index >= 15 is 0 Å². The van der Waals surface area contributed by atoms with Crippen LogP contribution in [-0.2, 0) is 9.47 Å². The van der Waals surface area contributed by atoms with E-state index < -0.39 is 0 Å². The molecule has 1 fully saturated rings. The first-order valence-corrected chi connectivity index (χ1v) is 5.88. The summed E-state index contributed by atoms with van der Waals surface area (Å²) in [5.41, 5.74) is 0.348. The molecule has 0 aromatic rings. The molecule has 15 heavy (non-hydrogen) atoms. The minimum absolute atomic E-state index is 0.126. The van der Waals surface area contributed by atoms with E-state index in [1.807, 2.05) is 0 Å². The van der Waals surface area contributed by atoms with Crippen LogP contribution in [0.1, 0.15) is 48.0 Å². The van der Waals surface area contributed by atoms with Gasteiger partial charge < -0.3 is 9.47 Å². The molecule has 0 aromatic carbocycles. The first kappa shape index (κ1) is 13.0. The first-order valence-electron chi connectivity index (χ1n) is 5.88. The van der Waals surface area contributed by atoms with Crippen molar-refractivity contribution in [3.05, 3.63) is 0 Å². The van der Waals surface area contributed by atoms with E-state index in [9.17, 15) is 0 Å². The average molecular weight is 214 g/mol. The van der Waals surface area contributed by atoms with Gasteiger partial charge in [0.25, 0.3) is 0 Å². The third-order valence-electron chi connectivity index (χ3n) is 3.83. The molecule has 90 valence electrons. The summed E-state index contributed by atoms with van der Waals surface area (Å²) in [5.74, 6) is 0. The molecule has 0 bridgehead atoms. The summed E-state index contributed by atoms with van der Waals surface area (Å²) in [4.78, 5) is 0. The van der Waals surface area contributed by atoms with Crippen molar-refractivity contribution >= 4 is 0 Å². The van der Waals surface area contributed by atoms with Gasteiger partial charge in [-0.15, -0.1) is 0 Å². The number of rotatable bonds is 0. The van der Waals surface area contributed by atoms with Gasteiger partial charge in [0.2, 0.25) is 0 Å². The SMILES string of the molecule is CC1(C)COCC(C)(C(C)(C)C)CCO1. The Balaban J connectivity index is 2.67. The topological polar surface area (TPSA) is 18.5 Å². The highest BCUT2D eigenvalue weighted by Crippen LogP contribution is 2.42. The van der Waals surface area contributed by atoms with Gasteiger partial charge in [-0.1, -0.05) is 27.7 Å². The lowest BCUT2D eigenvalue weighted by Crippen LogP contribution is -2.44. The Morgan fingerprint density at radius 3 is 2.13 bits per heavy atom. The zero-order chi connectivity index (χ0) is 11.7. The monoisotopic (exact) mass is 214 g/mol. The van der Waals surface area contributed by atoms with Crippen LogP contribution in [-0.4, -0.2) is 25.4 Å². The third-order valence-corrected chi connectivity index (χ3v) is 3.83. The molecular formula is C13H26O2. The fourth-order valence-corrected chi connectivity index (χ4v) is 1.78. The van der Waals surface area contributed by atoms with Gasteiger partial charge in [0.15, 0.2) is 0 Å². The second-order valence-electron chi connectivity index (χ2n) is 6.66. The van der Waals surface area contributed by atoms with E-state index in [-0.39, 0.29) is 16.4 Å². The van der Waals surface area contributed by atoms with Crippen LogP contribution < -0.4 is 0 Å². The van der Waals surface area contributed by atoms with Crippen molar-refractivity contribution in [2.75, 3.05) is 19.8 Å². The van der Waals surface area contributed by atoms with Gasteiger partial charge in [0.05, 0.1) is 18.8 Å². The molecule has 1 rings (SSSR count). The molecule has 0 radical (unpaired) electrons. The van der Waals surface area contributed by atoms with E-state index in [1.54, 1.807) is 0 Å². The predicted molar refractivity (Wildman–Crippen MR) is 63.0 cm³/mol. The Kier molecular flexibility index (Phi) is 3.52. The van der Waals surface area contributed by atoms with Crippen LogP contribution in [0, 0.1) is 10.8 Å². The van der Waals surface area contributed by atoms with Crippen LogP contribution in [0.4, 0.5) is 0 Å². The number of ether oxygens (including phenoxy) is 2. The molecule has 0 aromatic heterocycles. The molecule has 1 aliphatic rings.